The third-order valence-electron chi connectivity index (χ3n) is 3.68. The van der Waals surface area contributed by atoms with Crippen LogP contribution in [0.25, 0.3) is 0 Å². The van der Waals surface area contributed by atoms with Crippen molar-refractivity contribution in [1.29, 1.82) is 0 Å². The standard InChI is InChI=1S/C16H24BrN/c1-16(2,3)14-9-13(10-15(17)11-14)12-18-7-5-4-6-8-18/h9-11H,4-8,12H2,1-3H3. The van der Waals surface area contributed by atoms with Crippen molar-refractivity contribution >= 4 is 15.9 Å². The maximum absolute atomic E-state index is 3.65. The van der Waals surface area contributed by atoms with E-state index >= 15 is 0 Å². The van der Waals surface area contributed by atoms with E-state index in [2.05, 4.69) is 59.8 Å². The molecule has 0 N–H and O–H groups in total. The molecule has 0 aliphatic carbocycles. The Morgan fingerprint density at radius 2 is 1.72 bits per heavy atom. The highest BCUT2D eigenvalue weighted by Gasteiger charge is 2.16. The predicted octanol–water partition coefficient (Wildman–Crippen LogP) is 4.73. The molecule has 0 atom stereocenters. The van der Waals surface area contributed by atoms with Crippen LogP contribution in [0.1, 0.15) is 51.2 Å². The third-order valence-corrected chi connectivity index (χ3v) is 4.14. The Morgan fingerprint density at radius 3 is 2.33 bits per heavy atom. The normalized spacial score (nSPS) is 18.0. The number of piperidine rings is 1. The smallest absolute Gasteiger partial charge is 0.0234 e. The van der Waals surface area contributed by atoms with E-state index < -0.39 is 0 Å². The zero-order valence-corrected chi connectivity index (χ0v) is 13.4. The van der Waals surface area contributed by atoms with Gasteiger partial charge in [-0.25, -0.2) is 0 Å². The van der Waals surface area contributed by atoms with Crippen LogP contribution in [0.15, 0.2) is 22.7 Å². The zero-order chi connectivity index (χ0) is 13.2. The molecule has 18 heavy (non-hydrogen) atoms. The summed E-state index contributed by atoms with van der Waals surface area (Å²) in [5, 5.41) is 0. The monoisotopic (exact) mass is 309 g/mol. The number of hydrogen-bond acceptors (Lipinski definition) is 1. The number of nitrogens with zero attached hydrogens (tertiary/aromatic N) is 1. The van der Waals surface area contributed by atoms with Crippen molar-refractivity contribution in [3.8, 4) is 0 Å². The van der Waals surface area contributed by atoms with E-state index in [0.717, 1.165) is 6.54 Å². The third kappa shape index (κ3) is 3.83. The maximum Gasteiger partial charge on any atom is 0.0234 e. The number of benzene rings is 1. The van der Waals surface area contributed by atoms with Gasteiger partial charge in [0.2, 0.25) is 0 Å². The molecule has 1 nitrogen and oxygen atoms in total. The van der Waals surface area contributed by atoms with E-state index in [-0.39, 0.29) is 5.41 Å². The Labute approximate surface area is 120 Å². The fourth-order valence-electron chi connectivity index (χ4n) is 2.55. The number of rotatable bonds is 2. The van der Waals surface area contributed by atoms with Crippen LogP contribution in [-0.2, 0) is 12.0 Å². The predicted molar refractivity (Wildman–Crippen MR) is 82.0 cm³/mol. The van der Waals surface area contributed by atoms with Crippen LogP contribution >= 0.6 is 15.9 Å². The highest BCUT2D eigenvalue weighted by Crippen LogP contribution is 2.27. The van der Waals surface area contributed by atoms with Crippen molar-refractivity contribution in [2.75, 3.05) is 13.1 Å². The second kappa shape index (κ2) is 5.75. The van der Waals surface area contributed by atoms with E-state index in [4.69, 9.17) is 0 Å². The Hall–Kier alpha value is -0.340. The van der Waals surface area contributed by atoms with E-state index in [0.29, 0.717) is 0 Å². The molecular weight excluding hydrogens is 286 g/mol. The van der Waals surface area contributed by atoms with Gasteiger partial charge in [-0.2, -0.15) is 0 Å². The molecule has 1 fully saturated rings. The van der Waals surface area contributed by atoms with E-state index in [9.17, 15) is 0 Å². The molecule has 0 amide bonds. The summed E-state index contributed by atoms with van der Waals surface area (Å²) in [5.74, 6) is 0. The summed E-state index contributed by atoms with van der Waals surface area (Å²) >= 11 is 3.65. The van der Waals surface area contributed by atoms with Gasteiger partial charge in [0.15, 0.2) is 0 Å². The number of likely N-dealkylation sites (tertiary alicyclic amines) is 1. The average molecular weight is 310 g/mol. The van der Waals surface area contributed by atoms with Crippen LogP contribution in [0.2, 0.25) is 0 Å². The first-order valence-electron chi connectivity index (χ1n) is 6.97. The SMILES string of the molecule is CC(C)(C)c1cc(Br)cc(CN2CCCCC2)c1. The van der Waals surface area contributed by atoms with Crippen molar-refractivity contribution in [3.05, 3.63) is 33.8 Å². The molecule has 1 aliphatic rings. The molecule has 0 spiro atoms. The van der Waals surface area contributed by atoms with Crippen LogP contribution in [0.5, 0.6) is 0 Å². The van der Waals surface area contributed by atoms with Gasteiger partial charge in [-0.3, -0.25) is 4.90 Å². The van der Waals surface area contributed by atoms with E-state index in [1.165, 1.54) is 48.0 Å². The average Bonchev–Trinajstić information content (AvgIpc) is 2.28. The van der Waals surface area contributed by atoms with Crippen molar-refractivity contribution in [3.63, 3.8) is 0 Å². The van der Waals surface area contributed by atoms with Gasteiger partial charge in [-0.05, 0) is 54.6 Å². The second-order valence-electron chi connectivity index (χ2n) is 6.43. The molecular formula is C16H24BrN. The minimum atomic E-state index is 0.223. The summed E-state index contributed by atoms with van der Waals surface area (Å²) in [7, 11) is 0. The van der Waals surface area contributed by atoms with Gasteiger partial charge in [0.05, 0.1) is 0 Å². The quantitative estimate of drug-likeness (QED) is 0.763. The van der Waals surface area contributed by atoms with Crippen LogP contribution in [0, 0.1) is 0 Å². The first-order valence-corrected chi connectivity index (χ1v) is 7.77. The highest BCUT2D eigenvalue weighted by atomic mass is 79.9. The van der Waals surface area contributed by atoms with Crippen LogP contribution in [-0.4, -0.2) is 18.0 Å². The maximum atomic E-state index is 3.65. The van der Waals surface area contributed by atoms with Crippen LogP contribution in [0.3, 0.4) is 0 Å². The summed E-state index contributed by atoms with van der Waals surface area (Å²) in [6, 6.07) is 6.89. The van der Waals surface area contributed by atoms with Gasteiger partial charge in [0.25, 0.3) is 0 Å². The minimum Gasteiger partial charge on any atom is -0.299 e. The molecule has 0 unspecified atom stereocenters. The van der Waals surface area contributed by atoms with Crippen LogP contribution in [0.4, 0.5) is 0 Å². The molecule has 1 aliphatic heterocycles. The molecule has 1 aromatic carbocycles. The zero-order valence-electron chi connectivity index (χ0n) is 11.8. The Morgan fingerprint density at radius 1 is 1.06 bits per heavy atom. The molecule has 0 radical (unpaired) electrons. The molecule has 1 saturated heterocycles. The van der Waals surface area contributed by atoms with Gasteiger partial charge in [0, 0.05) is 11.0 Å². The van der Waals surface area contributed by atoms with Crippen molar-refractivity contribution in [2.24, 2.45) is 0 Å². The lowest BCUT2D eigenvalue weighted by Gasteiger charge is -2.27. The molecule has 2 rings (SSSR count). The summed E-state index contributed by atoms with van der Waals surface area (Å²) in [6.07, 6.45) is 4.13. The van der Waals surface area contributed by atoms with Gasteiger partial charge < -0.3 is 0 Å². The summed E-state index contributed by atoms with van der Waals surface area (Å²) in [6.45, 7) is 10.5. The molecule has 0 saturated carbocycles. The van der Waals surface area contributed by atoms with Crippen molar-refractivity contribution < 1.29 is 0 Å². The lowest BCUT2D eigenvalue weighted by molar-refractivity contribution is 0.221. The first kappa shape index (κ1) is 14.1. The van der Waals surface area contributed by atoms with Crippen molar-refractivity contribution in [2.45, 2.75) is 52.0 Å². The van der Waals surface area contributed by atoms with E-state index in [1.807, 2.05) is 0 Å². The summed E-state index contributed by atoms with van der Waals surface area (Å²) in [4.78, 5) is 2.58. The first-order chi connectivity index (χ1) is 8.45. The largest absolute Gasteiger partial charge is 0.299 e. The van der Waals surface area contributed by atoms with Crippen LogP contribution < -0.4 is 0 Å². The molecule has 100 valence electrons. The van der Waals surface area contributed by atoms with Crippen molar-refractivity contribution in [1.82, 2.24) is 4.90 Å². The number of halogens is 1. The lowest BCUT2D eigenvalue weighted by Crippen LogP contribution is -2.29. The topological polar surface area (TPSA) is 3.24 Å². The Kier molecular flexibility index (Phi) is 4.50. The van der Waals surface area contributed by atoms with E-state index in [1.54, 1.807) is 0 Å². The fraction of sp³-hybridized carbons (Fsp3) is 0.625. The highest BCUT2D eigenvalue weighted by molar-refractivity contribution is 9.10. The molecule has 0 bridgehead atoms. The Balaban J connectivity index is 2.14. The lowest BCUT2D eigenvalue weighted by atomic mass is 9.86. The second-order valence-corrected chi connectivity index (χ2v) is 7.35. The molecule has 1 aromatic rings. The van der Waals surface area contributed by atoms with Gasteiger partial charge in [-0.15, -0.1) is 0 Å². The summed E-state index contributed by atoms with van der Waals surface area (Å²) in [5.41, 5.74) is 3.08. The molecule has 1 heterocycles. The number of hydrogen-bond donors (Lipinski definition) is 0. The van der Waals surface area contributed by atoms with Gasteiger partial charge >= 0.3 is 0 Å². The fourth-order valence-corrected chi connectivity index (χ4v) is 3.09. The van der Waals surface area contributed by atoms with Gasteiger partial charge in [0.1, 0.15) is 0 Å². The summed E-state index contributed by atoms with van der Waals surface area (Å²) < 4.78 is 1.21. The molecule has 2 heteroatoms. The Bertz CT molecular complexity index is 400. The van der Waals surface area contributed by atoms with Gasteiger partial charge in [-0.1, -0.05) is 49.2 Å². The molecule has 0 aromatic heterocycles. The minimum absolute atomic E-state index is 0.223.